The van der Waals surface area contributed by atoms with Gasteiger partial charge in [0.2, 0.25) is 0 Å². The van der Waals surface area contributed by atoms with Crippen molar-refractivity contribution in [2.45, 2.75) is 6.54 Å². The molecule has 96 valence electrons. The first-order valence-electron chi connectivity index (χ1n) is 5.88. The van der Waals surface area contributed by atoms with Crippen molar-refractivity contribution in [3.63, 3.8) is 0 Å². The summed E-state index contributed by atoms with van der Waals surface area (Å²) in [5.41, 5.74) is 3.06. The molecule has 0 spiro atoms. The first-order chi connectivity index (χ1) is 9.28. The number of halogens is 1. The van der Waals surface area contributed by atoms with Crippen molar-refractivity contribution in [3.05, 3.63) is 52.5 Å². The molecule has 1 heterocycles. The second kappa shape index (κ2) is 5.01. The van der Waals surface area contributed by atoms with E-state index in [-0.39, 0.29) is 0 Å². The van der Waals surface area contributed by atoms with Gasteiger partial charge in [0, 0.05) is 4.47 Å². The number of fused-ring (bicyclic) bond motifs is 1. The van der Waals surface area contributed by atoms with Gasteiger partial charge in [-0.15, -0.1) is 5.10 Å². The highest BCUT2D eigenvalue weighted by Gasteiger charge is 2.07. The molecular weight excluding hydrogens is 306 g/mol. The monoisotopic (exact) mass is 317 g/mol. The van der Waals surface area contributed by atoms with Crippen LogP contribution in [0.15, 0.2) is 46.9 Å². The minimum absolute atomic E-state index is 0.691. The Hall–Kier alpha value is -1.88. The van der Waals surface area contributed by atoms with Crippen molar-refractivity contribution in [2.75, 3.05) is 7.11 Å². The molecule has 19 heavy (non-hydrogen) atoms. The third-order valence-electron chi connectivity index (χ3n) is 2.99. The second-order valence-electron chi connectivity index (χ2n) is 4.20. The molecule has 0 aliphatic carbocycles. The van der Waals surface area contributed by atoms with Gasteiger partial charge in [0.05, 0.1) is 19.2 Å². The summed E-state index contributed by atoms with van der Waals surface area (Å²) in [7, 11) is 1.66. The Morgan fingerprint density at radius 2 is 1.95 bits per heavy atom. The van der Waals surface area contributed by atoms with Gasteiger partial charge in [-0.2, -0.15) is 0 Å². The highest BCUT2D eigenvalue weighted by Crippen LogP contribution is 2.22. The lowest BCUT2D eigenvalue weighted by atomic mass is 10.2. The van der Waals surface area contributed by atoms with Crippen LogP contribution in [0.5, 0.6) is 5.75 Å². The van der Waals surface area contributed by atoms with Crippen molar-refractivity contribution >= 4 is 27.0 Å². The van der Waals surface area contributed by atoms with Gasteiger partial charge in [0.25, 0.3) is 0 Å². The zero-order valence-corrected chi connectivity index (χ0v) is 12.0. The molecule has 4 nitrogen and oxygen atoms in total. The number of methoxy groups -OCH3 is 1. The van der Waals surface area contributed by atoms with Crippen LogP contribution in [-0.4, -0.2) is 22.1 Å². The standard InChI is InChI=1S/C14H12BrN3O/c1-19-11-7-5-10(6-8-11)9-18-13-4-2-3-12(15)14(13)16-17-18/h2-8H,9H2,1H3. The van der Waals surface area contributed by atoms with Crippen LogP contribution in [-0.2, 0) is 6.54 Å². The largest absolute Gasteiger partial charge is 0.497 e. The predicted molar refractivity (Wildman–Crippen MR) is 77.3 cm³/mol. The highest BCUT2D eigenvalue weighted by molar-refractivity contribution is 9.10. The first-order valence-corrected chi connectivity index (χ1v) is 6.68. The maximum absolute atomic E-state index is 5.15. The van der Waals surface area contributed by atoms with Gasteiger partial charge in [0.1, 0.15) is 11.3 Å². The zero-order valence-electron chi connectivity index (χ0n) is 10.4. The lowest BCUT2D eigenvalue weighted by molar-refractivity contribution is 0.414. The summed E-state index contributed by atoms with van der Waals surface area (Å²) in [6.45, 7) is 0.691. The Balaban J connectivity index is 1.94. The van der Waals surface area contributed by atoms with Crippen molar-refractivity contribution in [3.8, 4) is 5.75 Å². The van der Waals surface area contributed by atoms with E-state index in [1.807, 2.05) is 47.1 Å². The molecule has 3 aromatic rings. The van der Waals surface area contributed by atoms with Crippen LogP contribution < -0.4 is 4.74 Å². The normalized spacial score (nSPS) is 10.8. The molecule has 0 saturated heterocycles. The van der Waals surface area contributed by atoms with E-state index in [2.05, 4.69) is 26.2 Å². The van der Waals surface area contributed by atoms with E-state index in [0.29, 0.717) is 6.54 Å². The van der Waals surface area contributed by atoms with Crippen LogP contribution >= 0.6 is 15.9 Å². The van der Waals surface area contributed by atoms with E-state index in [1.54, 1.807) is 7.11 Å². The van der Waals surface area contributed by atoms with Crippen LogP contribution in [0.25, 0.3) is 11.0 Å². The lowest BCUT2D eigenvalue weighted by Gasteiger charge is -2.04. The van der Waals surface area contributed by atoms with Crippen LogP contribution in [0, 0.1) is 0 Å². The smallest absolute Gasteiger partial charge is 0.127 e. The summed E-state index contributed by atoms with van der Waals surface area (Å²) in [6, 6.07) is 13.9. The average molecular weight is 318 g/mol. The summed E-state index contributed by atoms with van der Waals surface area (Å²) in [4.78, 5) is 0. The summed E-state index contributed by atoms with van der Waals surface area (Å²) in [5.74, 6) is 0.856. The van der Waals surface area contributed by atoms with E-state index in [9.17, 15) is 0 Å². The molecule has 5 heteroatoms. The molecule has 0 radical (unpaired) electrons. The van der Waals surface area contributed by atoms with Crippen molar-refractivity contribution in [1.82, 2.24) is 15.0 Å². The molecule has 0 saturated carbocycles. The van der Waals surface area contributed by atoms with Crippen LogP contribution in [0.4, 0.5) is 0 Å². The minimum atomic E-state index is 0.691. The Morgan fingerprint density at radius 1 is 1.16 bits per heavy atom. The van der Waals surface area contributed by atoms with Crippen molar-refractivity contribution in [1.29, 1.82) is 0 Å². The molecule has 0 bridgehead atoms. The molecular formula is C14H12BrN3O. The molecule has 0 aliphatic rings. The number of aromatic nitrogens is 3. The molecule has 0 atom stereocenters. The molecule has 3 rings (SSSR count). The minimum Gasteiger partial charge on any atom is -0.497 e. The average Bonchev–Trinajstić information content (AvgIpc) is 2.84. The van der Waals surface area contributed by atoms with Crippen molar-refractivity contribution < 1.29 is 4.74 Å². The second-order valence-corrected chi connectivity index (χ2v) is 5.06. The number of hydrogen-bond donors (Lipinski definition) is 0. The van der Waals surface area contributed by atoms with Gasteiger partial charge in [-0.25, -0.2) is 4.68 Å². The third-order valence-corrected chi connectivity index (χ3v) is 3.63. The van der Waals surface area contributed by atoms with Crippen LogP contribution in [0.2, 0.25) is 0 Å². The fourth-order valence-electron chi connectivity index (χ4n) is 1.98. The Bertz CT molecular complexity index is 706. The van der Waals surface area contributed by atoms with Gasteiger partial charge in [-0.3, -0.25) is 0 Å². The number of nitrogens with zero attached hydrogens (tertiary/aromatic N) is 3. The predicted octanol–water partition coefficient (Wildman–Crippen LogP) is 3.25. The van der Waals surface area contributed by atoms with E-state index in [4.69, 9.17) is 4.74 Å². The SMILES string of the molecule is COc1ccc(Cn2nnc3c(Br)cccc32)cc1. The quantitative estimate of drug-likeness (QED) is 0.744. The van der Waals surface area contributed by atoms with Gasteiger partial charge >= 0.3 is 0 Å². The Kier molecular flexibility index (Phi) is 3.21. The topological polar surface area (TPSA) is 39.9 Å². The summed E-state index contributed by atoms with van der Waals surface area (Å²) in [6.07, 6.45) is 0. The van der Waals surface area contributed by atoms with Gasteiger partial charge in [-0.1, -0.05) is 23.4 Å². The number of benzene rings is 2. The first kappa shape index (κ1) is 12.2. The van der Waals surface area contributed by atoms with E-state index >= 15 is 0 Å². The third kappa shape index (κ3) is 2.33. The molecule has 0 fully saturated rings. The maximum atomic E-state index is 5.15. The van der Waals surface area contributed by atoms with Gasteiger partial charge in [0.15, 0.2) is 0 Å². The Labute approximate surface area is 119 Å². The van der Waals surface area contributed by atoms with Gasteiger partial charge in [-0.05, 0) is 45.8 Å². The molecule has 2 aromatic carbocycles. The number of rotatable bonds is 3. The van der Waals surface area contributed by atoms with E-state index in [1.165, 1.54) is 0 Å². The zero-order chi connectivity index (χ0) is 13.2. The molecule has 0 unspecified atom stereocenters. The van der Waals surface area contributed by atoms with Crippen LogP contribution in [0.1, 0.15) is 5.56 Å². The molecule has 0 N–H and O–H groups in total. The molecule has 1 aromatic heterocycles. The summed E-state index contributed by atoms with van der Waals surface area (Å²) >= 11 is 3.48. The number of hydrogen-bond acceptors (Lipinski definition) is 3. The van der Waals surface area contributed by atoms with Crippen molar-refractivity contribution in [2.24, 2.45) is 0 Å². The summed E-state index contributed by atoms with van der Waals surface area (Å²) < 4.78 is 8.00. The van der Waals surface area contributed by atoms with Gasteiger partial charge < -0.3 is 4.74 Å². The highest BCUT2D eigenvalue weighted by atomic mass is 79.9. The maximum Gasteiger partial charge on any atom is 0.127 e. The molecule has 0 aliphatic heterocycles. The molecule has 0 amide bonds. The summed E-state index contributed by atoms with van der Waals surface area (Å²) in [5, 5.41) is 8.39. The fourth-order valence-corrected chi connectivity index (χ4v) is 2.41. The number of ether oxygens (including phenoxy) is 1. The fraction of sp³-hybridized carbons (Fsp3) is 0.143. The van der Waals surface area contributed by atoms with Crippen LogP contribution in [0.3, 0.4) is 0 Å². The van der Waals surface area contributed by atoms with E-state index < -0.39 is 0 Å². The van der Waals surface area contributed by atoms with E-state index in [0.717, 1.165) is 26.8 Å². The Morgan fingerprint density at radius 3 is 2.68 bits per heavy atom. The lowest BCUT2D eigenvalue weighted by Crippen LogP contribution is -2.01.